The van der Waals surface area contributed by atoms with Gasteiger partial charge < -0.3 is 4.98 Å². The van der Waals surface area contributed by atoms with E-state index in [2.05, 4.69) is 47.1 Å². The van der Waals surface area contributed by atoms with Gasteiger partial charge in [0.2, 0.25) is 0 Å². The van der Waals surface area contributed by atoms with Gasteiger partial charge >= 0.3 is 0 Å². The number of aromatic amines is 1. The number of nitrogens with one attached hydrogen (secondary N) is 1. The SMILES string of the molecule is Cc1[nH]c(C=O)c(C)c1CN1CCC(Cc2ccccc2)CC1. The molecule has 122 valence electrons. The van der Waals surface area contributed by atoms with Gasteiger partial charge in [0.05, 0.1) is 5.69 Å². The molecule has 0 atom stereocenters. The van der Waals surface area contributed by atoms with E-state index in [9.17, 15) is 4.79 Å². The molecule has 0 saturated carbocycles. The molecular formula is C20H26N2O. The van der Waals surface area contributed by atoms with Gasteiger partial charge in [-0.3, -0.25) is 9.69 Å². The lowest BCUT2D eigenvalue weighted by Crippen LogP contribution is -2.34. The second-order valence-electron chi connectivity index (χ2n) is 6.79. The first-order valence-electron chi connectivity index (χ1n) is 8.57. The Labute approximate surface area is 138 Å². The third-order valence-electron chi connectivity index (χ3n) is 5.21. The number of carbonyl (C=O) groups excluding carboxylic acids is 1. The van der Waals surface area contributed by atoms with Crippen LogP contribution in [-0.4, -0.2) is 29.3 Å². The number of benzene rings is 1. The van der Waals surface area contributed by atoms with Crippen molar-refractivity contribution in [3.05, 3.63) is 58.4 Å². The summed E-state index contributed by atoms with van der Waals surface area (Å²) in [6.45, 7) is 7.37. The lowest BCUT2D eigenvalue weighted by atomic mass is 9.90. The standard InChI is InChI=1S/C20H26N2O/c1-15-19(16(2)21-20(15)14-23)13-22-10-8-18(9-11-22)12-17-6-4-3-5-7-17/h3-7,14,18,21H,8-13H2,1-2H3. The predicted molar refractivity (Wildman–Crippen MR) is 93.8 cm³/mol. The van der Waals surface area contributed by atoms with Crippen LogP contribution in [-0.2, 0) is 13.0 Å². The van der Waals surface area contributed by atoms with Crippen molar-refractivity contribution in [3.63, 3.8) is 0 Å². The number of hydrogen-bond donors (Lipinski definition) is 1. The van der Waals surface area contributed by atoms with Crippen LogP contribution in [0.15, 0.2) is 30.3 Å². The fourth-order valence-electron chi connectivity index (χ4n) is 3.69. The molecule has 0 bridgehead atoms. The van der Waals surface area contributed by atoms with Crippen LogP contribution >= 0.6 is 0 Å². The van der Waals surface area contributed by atoms with E-state index < -0.39 is 0 Å². The Balaban J connectivity index is 1.55. The zero-order chi connectivity index (χ0) is 16.2. The number of hydrogen-bond acceptors (Lipinski definition) is 2. The molecule has 1 aliphatic heterocycles. The van der Waals surface area contributed by atoms with Crippen molar-refractivity contribution in [1.29, 1.82) is 0 Å². The average Bonchev–Trinajstić information content (AvgIpc) is 2.85. The lowest BCUT2D eigenvalue weighted by molar-refractivity contribution is 0.111. The minimum atomic E-state index is 0.733. The molecule has 3 heteroatoms. The molecule has 0 aliphatic carbocycles. The van der Waals surface area contributed by atoms with Gasteiger partial charge in [-0.25, -0.2) is 0 Å². The highest BCUT2D eigenvalue weighted by atomic mass is 16.1. The van der Waals surface area contributed by atoms with Crippen molar-refractivity contribution < 1.29 is 4.79 Å². The molecular weight excluding hydrogens is 284 g/mol. The van der Waals surface area contributed by atoms with Crippen molar-refractivity contribution in [3.8, 4) is 0 Å². The van der Waals surface area contributed by atoms with Crippen molar-refractivity contribution >= 4 is 6.29 Å². The zero-order valence-electron chi connectivity index (χ0n) is 14.1. The Morgan fingerprint density at radius 3 is 2.48 bits per heavy atom. The van der Waals surface area contributed by atoms with Crippen LogP contribution in [0.5, 0.6) is 0 Å². The van der Waals surface area contributed by atoms with Crippen LogP contribution in [0.3, 0.4) is 0 Å². The molecule has 2 heterocycles. The van der Waals surface area contributed by atoms with E-state index in [1.807, 2.05) is 6.92 Å². The first kappa shape index (κ1) is 16.0. The number of aryl methyl sites for hydroxylation is 1. The number of aldehydes is 1. The fourth-order valence-corrected chi connectivity index (χ4v) is 3.69. The maximum Gasteiger partial charge on any atom is 0.166 e. The second-order valence-corrected chi connectivity index (χ2v) is 6.79. The van der Waals surface area contributed by atoms with Gasteiger partial charge in [-0.05, 0) is 68.8 Å². The van der Waals surface area contributed by atoms with Gasteiger partial charge in [0.15, 0.2) is 6.29 Å². The number of H-pyrrole nitrogens is 1. The van der Waals surface area contributed by atoms with Crippen LogP contribution in [0.25, 0.3) is 0 Å². The summed E-state index contributed by atoms with van der Waals surface area (Å²) in [6.07, 6.45) is 4.65. The molecule has 2 aromatic rings. The maximum absolute atomic E-state index is 11.1. The lowest BCUT2D eigenvalue weighted by Gasteiger charge is -2.32. The molecule has 0 unspecified atom stereocenters. The van der Waals surface area contributed by atoms with Crippen molar-refractivity contribution in [2.45, 2.75) is 39.7 Å². The number of nitrogens with zero attached hydrogens (tertiary/aromatic N) is 1. The summed E-state index contributed by atoms with van der Waals surface area (Å²) in [4.78, 5) is 16.8. The molecule has 1 saturated heterocycles. The molecule has 0 amide bonds. The van der Waals surface area contributed by atoms with Crippen molar-refractivity contribution in [1.82, 2.24) is 9.88 Å². The average molecular weight is 310 g/mol. The Hall–Kier alpha value is -1.87. The largest absolute Gasteiger partial charge is 0.356 e. The zero-order valence-corrected chi connectivity index (χ0v) is 14.1. The molecule has 1 aromatic heterocycles. The minimum Gasteiger partial charge on any atom is -0.356 e. The first-order chi connectivity index (χ1) is 11.2. The molecule has 0 radical (unpaired) electrons. The van der Waals surface area contributed by atoms with Gasteiger partial charge in [0.25, 0.3) is 0 Å². The first-order valence-corrected chi connectivity index (χ1v) is 8.57. The third kappa shape index (κ3) is 3.73. The van der Waals surface area contributed by atoms with E-state index >= 15 is 0 Å². The van der Waals surface area contributed by atoms with E-state index in [0.29, 0.717) is 0 Å². The number of likely N-dealkylation sites (tertiary alicyclic amines) is 1. The molecule has 1 N–H and O–H groups in total. The molecule has 0 spiro atoms. The molecule has 3 rings (SSSR count). The number of piperidine rings is 1. The van der Waals surface area contributed by atoms with Gasteiger partial charge in [0, 0.05) is 12.2 Å². The highest BCUT2D eigenvalue weighted by molar-refractivity contribution is 5.75. The quantitative estimate of drug-likeness (QED) is 0.850. The summed E-state index contributed by atoms with van der Waals surface area (Å²) >= 11 is 0. The van der Waals surface area contributed by atoms with Crippen molar-refractivity contribution in [2.24, 2.45) is 5.92 Å². The Bertz CT molecular complexity index is 652. The van der Waals surface area contributed by atoms with Crippen LogP contribution < -0.4 is 0 Å². The second kappa shape index (κ2) is 7.14. The Morgan fingerprint density at radius 2 is 1.87 bits per heavy atom. The number of carbonyl (C=O) groups is 1. The third-order valence-corrected chi connectivity index (χ3v) is 5.21. The summed E-state index contributed by atoms with van der Waals surface area (Å²) in [6, 6.07) is 10.8. The summed E-state index contributed by atoms with van der Waals surface area (Å²) in [5.41, 5.74) is 5.74. The fraction of sp³-hybridized carbons (Fsp3) is 0.450. The van der Waals surface area contributed by atoms with E-state index in [0.717, 1.165) is 48.8 Å². The Kier molecular flexibility index (Phi) is 4.97. The van der Waals surface area contributed by atoms with E-state index in [1.165, 1.54) is 30.4 Å². The molecule has 1 aliphatic rings. The summed E-state index contributed by atoms with van der Waals surface area (Å²) in [7, 11) is 0. The van der Waals surface area contributed by atoms with E-state index in [4.69, 9.17) is 0 Å². The van der Waals surface area contributed by atoms with Gasteiger partial charge in [-0.2, -0.15) is 0 Å². The van der Waals surface area contributed by atoms with Crippen molar-refractivity contribution in [2.75, 3.05) is 13.1 Å². The Morgan fingerprint density at radius 1 is 1.17 bits per heavy atom. The number of aromatic nitrogens is 1. The summed E-state index contributed by atoms with van der Waals surface area (Å²) in [5.74, 6) is 0.799. The van der Waals surface area contributed by atoms with E-state index in [-0.39, 0.29) is 0 Å². The van der Waals surface area contributed by atoms with Crippen LogP contribution in [0, 0.1) is 19.8 Å². The summed E-state index contributed by atoms with van der Waals surface area (Å²) < 4.78 is 0. The molecule has 1 fully saturated rings. The van der Waals surface area contributed by atoms with E-state index in [1.54, 1.807) is 0 Å². The molecule has 23 heavy (non-hydrogen) atoms. The maximum atomic E-state index is 11.1. The van der Waals surface area contributed by atoms with Crippen LogP contribution in [0.1, 0.15) is 45.7 Å². The van der Waals surface area contributed by atoms with Crippen LogP contribution in [0.4, 0.5) is 0 Å². The van der Waals surface area contributed by atoms with Gasteiger partial charge in [-0.1, -0.05) is 30.3 Å². The monoisotopic (exact) mass is 310 g/mol. The highest BCUT2D eigenvalue weighted by Crippen LogP contribution is 2.25. The smallest absolute Gasteiger partial charge is 0.166 e. The highest BCUT2D eigenvalue weighted by Gasteiger charge is 2.21. The molecule has 1 aromatic carbocycles. The van der Waals surface area contributed by atoms with Gasteiger partial charge in [0.1, 0.15) is 0 Å². The van der Waals surface area contributed by atoms with Gasteiger partial charge in [-0.15, -0.1) is 0 Å². The predicted octanol–water partition coefficient (Wildman–Crippen LogP) is 3.90. The normalized spacial score (nSPS) is 16.6. The molecule has 3 nitrogen and oxygen atoms in total. The number of rotatable bonds is 5. The van der Waals surface area contributed by atoms with Crippen LogP contribution in [0.2, 0.25) is 0 Å². The topological polar surface area (TPSA) is 36.1 Å². The minimum absolute atomic E-state index is 0.733. The summed E-state index contributed by atoms with van der Waals surface area (Å²) in [5, 5.41) is 0.